The zero-order valence-corrected chi connectivity index (χ0v) is 17.4. The molecule has 0 unspecified atom stereocenters. The number of nitrogens with zero attached hydrogens (tertiary/aromatic N) is 2. The van der Waals surface area contributed by atoms with Crippen LogP contribution in [0.4, 0.5) is 0 Å². The van der Waals surface area contributed by atoms with Crippen molar-refractivity contribution in [3.05, 3.63) is 56.9 Å². The number of thiophene rings is 1. The van der Waals surface area contributed by atoms with Gasteiger partial charge in [-0.25, -0.2) is 0 Å². The third-order valence-electron chi connectivity index (χ3n) is 4.83. The molecule has 0 bridgehead atoms. The van der Waals surface area contributed by atoms with E-state index in [4.69, 9.17) is 16.3 Å². The Kier molecular flexibility index (Phi) is 6.28. The van der Waals surface area contributed by atoms with Gasteiger partial charge in [0, 0.05) is 11.4 Å². The maximum Gasteiger partial charge on any atom is 0.157 e. The van der Waals surface area contributed by atoms with Gasteiger partial charge in [-0.3, -0.25) is 0 Å². The fourth-order valence-corrected chi connectivity index (χ4v) is 5.11. The van der Waals surface area contributed by atoms with Gasteiger partial charge in [0.1, 0.15) is 35.5 Å². The highest BCUT2D eigenvalue weighted by Gasteiger charge is 2.44. The van der Waals surface area contributed by atoms with Gasteiger partial charge in [0.2, 0.25) is 0 Å². The molecule has 4 N–H and O–H groups in total. The molecule has 154 valence electrons. The predicted molar refractivity (Wildman–Crippen MR) is 110 cm³/mol. The second-order valence-electron chi connectivity index (χ2n) is 6.76. The van der Waals surface area contributed by atoms with Crippen molar-refractivity contribution in [3.63, 3.8) is 0 Å². The average molecular weight is 455 g/mol. The maximum atomic E-state index is 10.4. The molecule has 4 rings (SSSR count). The first-order chi connectivity index (χ1) is 14.0. The molecule has 0 radical (unpaired) electrons. The summed E-state index contributed by atoms with van der Waals surface area (Å²) < 4.78 is 5.64. The van der Waals surface area contributed by atoms with E-state index < -0.39 is 37.1 Å². The number of hydrogen-bond donors (Lipinski definition) is 4. The van der Waals surface area contributed by atoms with E-state index >= 15 is 0 Å². The van der Waals surface area contributed by atoms with E-state index in [1.807, 2.05) is 17.5 Å². The molecule has 7 nitrogen and oxygen atoms in total. The summed E-state index contributed by atoms with van der Waals surface area (Å²) >= 11 is 9.44. The van der Waals surface area contributed by atoms with Crippen LogP contribution in [0.5, 0.6) is 0 Å². The zero-order valence-electron chi connectivity index (χ0n) is 15.1. The lowest BCUT2D eigenvalue weighted by Gasteiger charge is -2.40. The van der Waals surface area contributed by atoms with Crippen LogP contribution < -0.4 is 0 Å². The Bertz CT molecular complexity index is 965. The summed E-state index contributed by atoms with van der Waals surface area (Å²) in [4.78, 5) is 1.05. The Balaban J connectivity index is 1.58. The maximum absolute atomic E-state index is 10.4. The topological polar surface area (TPSA) is 116 Å². The molecule has 3 aromatic rings. The number of hydrogen-bond acceptors (Lipinski definition) is 9. The van der Waals surface area contributed by atoms with E-state index in [1.54, 1.807) is 29.5 Å². The van der Waals surface area contributed by atoms with Gasteiger partial charge in [-0.15, -0.1) is 21.5 Å². The minimum Gasteiger partial charge on any atom is -0.394 e. The van der Waals surface area contributed by atoms with Crippen LogP contribution >= 0.6 is 34.3 Å². The molecule has 1 aromatic carbocycles. The molecule has 1 aliphatic heterocycles. The molecule has 0 saturated carbocycles. The fourth-order valence-electron chi connectivity index (χ4n) is 3.27. The largest absolute Gasteiger partial charge is 0.394 e. The molecule has 3 heterocycles. The van der Waals surface area contributed by atoms with Crippen LogP contribution in [0.2, 0.25) is 5.02 Å². The summed E-state index contributed by atoms with van der Waals surface area (Å²) in [5.41, 5.74) is 1.36. The quantitative estimate of drug-likeness (QED) is 0.466. The number of rotatable bonds is 5. The van der Waals surface area contributed by atoms with Crippen LogP contribution in [0.15, 0.2) is 35.7 Å². The second-order valence-corrected chi connectivity index (χ2v) is 9.17. The van der Waals surface area contributed by atoms with E-state index in [9.17, 15) is 20.4 Å². The molecule has 29 heavy (non-hydrogen) atoms. The molecule has 5 atom stereocenters. The van der Waals surface area contributed by atoms with E-state index in [-0.39, 0.29) is 0 Å². The summed E-state index contributed by atoms with van der Waals surface area (Å²) in [6.07, 6.45) is -5.58. The van der Waals surface area contributed by atoms with Crippen LogP contribution in [0.3, 0.4) is 0 Å². The average Bonchev–Trinajstić information content (AvgIpc) is 3.40. The fraction of sp³-hybridized carbons (Fsp3) is 0.368. The van der Waals surface area contributed by atoms with Crippen molar-refractivity contribution in [3.8, 4) is 9.88 Å². The van der Waals surface area contributed by atoms with Gasteiger partial charge in [0.25, 0.3) is 0 Å². The number of aliphatic hydroxyl groups excluding tert-OH is 4. The summed E-state index contributed by atoms with van der Waals surface area (Å²) in [5.74, 6) is 0. The van der Waals surface area contributed by atoms with Crippen molar-refractivity contribution < 1.29 is 25.2 Å². The van der Waals surface area contributed by atoms with Gasteiger partial charge in [-0.2, -0.15) is 0 Å². The number of aliphatic hydroxyl groups is 4. The Labute approximate surface area is 179 Å². The van der Waals surface area contributed by atoms with Gasteiger partial charge in [0.05, 0.1) is 11.5 Å². The van der Waals surface area contributed by atoms with E-state index in [1.165, 1.54) is 11.3 Å². The van der Waals surface area contributed by atoms with Gasteiger partial charge >= 0.3 is 0 Å². The van der Waals surface area contributed by atoms with Crippen molar-refractivity contribution in [2.75, 3.05) is 6.61 Å². The molecule has 1 saturated heterocycles. The van der Waals surface area contributed by atoms with Gasteiger partial charge < -0.3 is 25.2 Å². The molecule has 0 aliphatic carbocycles. The first-order valence-corrected chi connectivity index (χ1v) is 11.0. The lowest BCUT2D eigenvalue weighted by Crippen LogP contribution is -2.55. The van der Waals surface area contributed by atoms with Gasteiger partial charge in [-0.1, -0.05) is 41.1 Å². The normalized spacial score (nSPS) is 27.3. The molecular weight excluding hydrogens is 436 g/mol. The Morgan fingerprint density at radius 2 is 1.90 bits per heavy atom. The van der Waals surface area contributed by atoms with Crippen LogP contribution in [-0.4, -0.2) is 61.6 Å². The van der Waals surface area contributed by atoms with Crippen molar-refractivity contribution in [2.24, 2.45) is 0 Å². The van der Waals surface area contributed by atoms with Crippen LogP contribution in [-0.2, 0) is 11.2 Å². The van der Waals surface area contributed by atoms with E-state index in [2.05, 4.69) is 10.2 Å². The number of aromatic nitrogens is 2. The Morgan fingerprint density at radius 1 is 1.07 bits per heavy atom. The van der Waals surface area contributed by atoms with E-state index in [0.29, 0.717) is 17.0 Å². The second kappa shape index (κ2) is 8.75. The SMILES string of the molecule is OC[C@H]1O[C@@H](c2ccc(Cl)c(Cc3nnc(-c4cccs4)s3)c2)[C@H](O)[C@@H](O)[C@@H]1O. The minimum absolute atomic E-state index is 0.452. The third kappa shape index (κ3) is 4.23. The number of ether oxygens (including phenoxy) is 1. The van der Waals surface area contributed by atoms with Crippen LogP contribution in [0, 0.1) is 0 Å². The molecular formula is C19H19ClN2O5S2. The lowest BCUT2D eigenvalue weighted by molar-refractivity contribution is -0.231. The van der Waals surface area contributed by atoms with Crippen molar-refractivity contribution in [1.29, 1.82) is 0 Å². The molecule has 0 spiro atoms. The van der Waals surface area contributed by atoms with Gasteiger partial charge in [-0.05, 0) is 28.6 Å². The first kappa shape index (κ1) is 20.8. The summed E-state index contributed by atoms with van der Waals surface area (Å²) in [5, 5.41) is 52.4. The minimum atomic E-state index is -1.43. The smallest absolute Gasteiger partial charge is 0.157 e. The third-order valence-corrected chi connectivity index (χ3v) is 7.16. The van der Waals surface area contributed by atoms with E-state index in [0.717, 1.165) is 20.5 Å². The van der Waals surface area contributed by atoms with Crippen LogP contribution in [0.25, 0.3) is 9.88 Å². The summed E-state index contributed by atoms with van der Waals surface area (Å²) in [6.45, 7) is -0.474. The summed E-state index contributed by atoms with van der Waals surface area (Å²) in [6, 6.07) is 9.11. The van der Waals surface area contributed by atoms with Crippen LogP contribution in [0.1, 0.15) is 22.2 Å². The highest BCUT2D eigenvalue weighted by molar-refractivity contribution is 7.20. The first-order valence-electron chi connectivity index (χ1n) is 8.93. The summed E-state index contributed by atoms with van der Waals surface area (Å²) in [7, 11) is 0. The lowest BCUT2D eigenvalue weighted by atomic mass is 9.90. The molecule has 2 aromatic heterocycles. The Hall–Kier alpha value is -1.43. The highest BCUT2D eigenvalue weighted by Crippen LogP contribution is 2.35. The molecule has 1 aliphatic rings. The zero-order chi connectivity index (χ0) is 20.5. The van der Waals surface area contributed by atoms with Crippen molar-refractivity contribution >= 4 is 34.3 Å². The number of benzene rings is 1. The van der Waals surface area contributed by atoms with Gasteiger partial charge in [0.15, 0.2) is 5.01 Å². The molecule has 1 fully saturated rings. The van der Waals surface area contributed by atoms with Crippen molar-refractivity contribution in [2.45, 2.75) is 36.9 Å². The van der Waals surface area contributed by atoms with Crippen molar-refractivity contribution in [1.82, 2.24) is 10.2 Å². The predicted octanol–water partition coefficient (Wildman–Crippen LogP) is 2.03. The number of halogens is 1. The standard InChI is InChI=1S/C19H19ClN2O5S2/c20-11-4-3-9(18-17(26)16(25)15(24)12(8-23)27-18)6-10(11)7-14-21-22-19(29-14)13-2-1-5-28-13/h1-6,12,15-18,23-26H,7-8H2/t12-,15-,16+,17-,18+/m1/s1. The monoisotopic (exact) mass is 454 g/mol. The highest BCUT2D eigenvalue weighted by atomic mass is 35.5. The molecule has 10 heteroatoms. The Morgan fingerprint density at radius 3 is 2.62 bits per heavy atom. The molecule has 0 amide bonds.